The number of halogens is 1. The van der Waals surface area contributed by atoms with Crippen LogP contribution in [0, 0.1) is 0 Å². The van der Waals surface area contributed by atoms with E-state index in [4.69, 9.17) is 5.11 Å². The fourth-order valence-corrected chi connectivity index (χ4v) is 0. The molecule has 0 unspecified atom stereocenters. The van der Waals surface area contributed by atoms with Gasteiger partial charge < -0.3 is 6.53 Å². The SMILES string of the molecule is CC(C)O.Cl.[H-].[Na+].[Sc]. The molecule has 0 bridgehead atoms. The average Bonchev–Trinajstić information content (AvgIpc) is 0.811. The second-order valence-corrected chi connectivity index (χ2v) is 1.09. The normalized spacial score (nSPS) is 5.14. The first kappa shape index (κ1) is 22.9. The molecule has 1 radical (unpaired) electrons. The number of hydrogen-bond donors (Lipinski definition) is 1. The Kier molecular flexibility index (Phi) is 51.5. The third-order valence-electron chi connectivity index (χ3n) is 0. The van der Waals surface area contributed by atoms with Crippen LogP contribution in [0.4, 0.5) is 0 Å². The molecule has 0 saturated heterocycles. The van der Waals surface area contributed by atoms with E-state index in [-0.39, 0.29) is 75.3 Å². The molecule has 0 heterocycles. The van der Waals surface area contributed by atoms with E-state index < -0.39 is 0 Å². The van der Waals surface area contributed by atoms with E-state index in [1.54, 1.807) is 13.8 Å². The molecule has 0 aromatic rings. The Morgan fingerprint density at radius 2 is 1.43 bits per heavy atom. The molecule has 1 nitrogen and oxygen atoms in total. The first-order chi connectivity index (χ1) is 1.73. The molecule has 0 aliphatic carbocycles. The van der Waals surface area contributed by atoms with Gasteiger partial charge in [-0.05, 0) is 13.8 Å². The maximum Gasteiger partial charge on any atom is 1.00 e. The zero-order chi connectivity index (χ0) is 3.58. The number of hydrogen-bond acceptors (Lipinski definition) is 1. The molecule has 0 spiro atoms. The first-order valence-corrected chi connectivity index (χ1v) is 1.41. The molecule has 4 heteroatoms. The molecule has 39 valence electrons. The van der Waals surface area contributed by atoms with Gasteiger partial charge in [-0.3, -0.25) is 0 Å². The minimum atomic E-state index is -0.167. The number of rotatable bonds is 0. The maximum absolute atomic E-state index is 8.06. The molecule has 0 fully saturated rings. The molecule has 0 aliphatic heterocycles. The standard InChI is InChI=1S/C3H8O.ClH.Na.Sc.H/c1-3(2)4;;;;/h3-4H,1-2H3;1H;;;/q;;+1;;-1. The van der Waals surface area contributed by atoms with Crippen molar-refractivity contribution in [3.8, 4) is 0 Å². The van der Waals surface area contributed by atoms with Gasteiger partial charge in [-0.15, -0.1) is 12.4 Å². The molecule has 0 saturated carbocycles. The van der Waals surface area contributed by atoms with Gasteiger partial charge in [0.05, 0.1) is 0 Å². The molecule has 0 aromatic carbocycles. The third kappa shape index (κ3) is 67.7. The quantitative estimate of drug-likeness (QED) is 0.409. The van der Waals surface area contributed by atoms with Crippen LogP contribution in [-0.4, -0.2) is 11.2 Å². The van der Waals surface area contributed by atoms with Crippen LogP contribution in [0.15, 0.2) is 0 Å². The van der Waals surface area contributed by atoms with Crippen LogP contribution in [0.5, 0.6) is 0 Å². The maximum atomic E-state index is 8.06. The van der Waals surface area contributed by atoms with E-state index in [1.807, 2.05) is 0 Å². The van der Waals surface area contributed by atoms with E-state index in [0.717, 1.165) is 0 Å². The zero-order valence-corrected chi connectivity index (χ0v) is 9.63. The van der Waals surface area contributed by atoms with Crippen LogP contribution >= 0.6 is 12.4 Å². The van der Waals surface area contributed by atoms with Crippen molar-refractivity contribution in [3.63, 3.8) is 0 Å². The third-order valence-corrected chi connectivity index (χ3v) is 0. The Labute approximate surface area is 93.2 Å². The largest absolute Gasteiger partial charge is 1.00 e. The Balaban J connectivity index is -0.00000000750. The van der Waals surface area contributed by atoms with Crippen molar-refractivity contribution in [2.75, 3.05) is 0 Å². The van der Waals surface area contributed by atoms with Gasteiger partial charge in [0.15, 0.2) is 0 Å². The second kappa shape index (κ2) is 15.7. The summed E-state index contributed by atoms with van der Waals surface area (Å²) in [6, 6.07) is 0. The molecule has 1 N–H and O–H groups in total. The Bertz CT molecular complexity index is 24.0. The fourth-order valence-electron chi connectivity index (χ4n) is 0. The molecule has 0 rings (SSSR count). The van der Waals surface area contributed by atoms with Crippen LogP contribution in [-0.2, 0) is 25.8 Å². The van der Waals surface area contributed by atoms with Crippen LogP contribution in [0.3, 0.4) is 0 Å². The van der Waals surface area contributed by atoms with Gasteiger partial charge in [0, 0.05) is 31.9 Å². The predicted octanol–water partition coefficient (Wildman–Crippen LogP) is -2.08. The van der Waals surface area contributed by atoms with Gasteiger partial charge >= 0.3 is 29.6 Å². The summed E-state index contributed by atoms with van der Waals surface area (Å²) in [5.74, 6) is 0. The van der Waals surface area contributed by atoms with Crippen LogP contribution in [0.25, 0.3) is 0 Å². The summed E-state index contributed by atoms with van der Waals surface area (Å²) in [7, 11) is 0. The summed E-state index contributed by atoms with van der Waals surface area (Å²) < 4.78 is 0. The van der Waals surface area contributed by atoms with Crippen LogP contribution in [0.2, 0.25) is 0 Å². The Hall–Kier alpha value is 2.12. The summed E-state index contributed by atoms with van der Waals surface area (Å²) in [6.45, 7) is 3.44. The van der Waals surface area contributed by atoms with Crippen molar-refractivity contribution < 1.29 is 61.9 Å². The molecule has 0 atom stereocenters. The van der Waals surface area contributed by atoms with Crippen LogP contribution in [0.1, 0.15) is 15.3 Å². The number of aliphatic hydroxyl groups is 1. The molecular formula is C3H10ClNaOSc. The number of aliphatic hydroxyl groups excluding tert-OH is 1. The van der Waals surface area contributed by atoms with E-state index in [2.05, 4.69) is 0 Å². The molecule has 7 heavy (non-hydrogen) atoms. The monoisotopic (exact) mass is 165 g/mol. The summed E-state index contributed by atoms with van der Waals surface area (Å²) in [5.41, 5.74) is 0. The Morgan fingerprint density at radius 3 is 1.43 bits per heavy atom. The van der Waals surface area contributed by atoms with Gasteiger partial charge in [-0.25, -0.2) is 0 Å². The minimum Gasteiger partial charge on any atom is -1.00 e. The van der Waals surface area contributed by atoms with E-state index in [9.17, 15) is 0 Å². The van der Waals surface area contributed by atoms with Gasteiger partial charge in [-0.1, -0.05) is 0 Å². The summed E-state index contributed by atoms with van der Waals surface area (Å²) >= 11 is 0. The van der Waals surface area contributed by atoms with Crippen molar-refractivity contribution in [1.82, 2.24) is 0 Å². The predicted molar refractivity (Wildman–Crippen MR) is 25.7 cm³/mol. The molecular weight excluding hydrogens is 155 g/mol. The Morgan fingerprint density at radius 1 is 1.43 bits per heavy atom. The summed E-state index contributed by atoms with van der Waals surface area (Å²) in [4.78, 5) is 0. The minimum absolute atomic E-state index is 0. The van der Waals surface area contributed by atoms with Crippen LogP contribution < -0.4 is 29.6 Å². The van der Waals surface area contributed by atoms with Crippen molar-refractivity contribution >= 4 is 12.4 Å². The molecule has 0 aliphatic rings. The van der Waals surface area contributed by atoms with E-state index in [1.165, 1.54) is 0 Å². The van der Waals surface area contributed by atoms with E-state index >= 15 is 0 Å². The van der Waals surface area contributed by atoms with Gasteiger partial charge in [0.1, 0.15) is 0 Å². The van der Waals surface area contributed by atoms with Crippen molar-refractivity contribution in [2.45, 2.75) is 20.0 Å². The average molecular weight is 166 g/mol. The smallest absolute Gasteiger partial charge is 1.00 e. The fraction of sp³-hybridized carbons (Fsp3) is 1.00. The molecule has 0 aromatic heterocycles. The van der Waals surface area contributed by atoms with Gasteiger partial charge in [0.2, 0.25) is 0 Å². The van der Waals surface area contributed by atoms with Gasteiger partial charge in [0.25, 0.3) is 0 Å². The summed E-state index contributed by atoms with van der Waals surface area (Å²) in [6.07, 6.45) is -0.167. The van der Waals surface area contributed by atoms with Crippen molar-refractivity contribution in [3.05, 3.63) is 0 Å². The van der Waals surface area contributed by atoms with E-state index in [0.29, 0.717) is 0 Å². The van der Waals surface area contributed by atoms with Gasteiger partial charge in [-0.2, -0.15) is 0 Å². The molecule has 0 amide bonds. The van der Waals surface area contributed by atoms with Crippen molar-refractivity contribution in [2.24, 2.45) is 0 Å². The topological polar surface area (TPSA) is 20.2 Å². The first-order valence-electron chi connectivity index (χ1n) is 1.41. The van der Waals surface area contributed by atoms with Crippen molar-refractivity contribution in [1.29, 1.82) is 0 Å². The summed E-state index contributed by atoms with van der Waals surface area (Å²) in [5, 5.41) is 8.06. The second-order valence-electron chi connectivity index (χ2n) is 1.09. The zero-order valence-electron chi connectivity index (χ0n) is 6.01.